The molecular formula is C11H14F2N2O2. The number of aliphatic hydroxyl groups excluding tert-OH is 1. The number of amides is 2. The number of hydrogen-bond donors (Lipinski definition) is 3. The van der Waals surface area contributed by atoms with Crippen LogP contribution in [0, 0.1) is 0 Å². The van der Waals surface area contributed by atoms with Gasteiger partial charge in [-0.1, -0.05) is 12.1 Å². The third-order valence-corrected chi connectivity index (χ3v) is 2.04. The minimum Gasteiger partial charge on any atom is -0.389 e. The molecule has 0 fully saturated rings. The molecule has 0 aromatic heterocycles. The molecule has 2 amide bonds. The second-order valence-corrected chi connectivity index (χ2v) is 3.53. The van der Waals surface area contributed by atoms with Crippen LogP contribution in [0.25, 0.3) is 0 Å². The molecule has 0 aliphatic carbocycles. The van der Waals surface area contributed by atoms with Gasteiger partial charge in [-0.05, 0) is 24.6 Å². The van der Waals surface area contributed by atoms with Crippen molar-refractivity contribution in [3.05, 3.63) is 29.8 Å². The van der Waals surface area contributed by atoms with Gasteiger partial charge in [-0.2, -0.15) is 0 Å². The van der Waals surface area contributed by atoms with Crippen molar-refractivity contribution in [3.63, 3.8) is 0 Å². The molecule has 0 saturated heterocycles. The number of rotatable bonds is 4. The number of urea groups is 1. The summed E-state index contributed by atoms with van der Waals surface area (Å²) in [4.78, 5) is 11.2. The number of alkyl halides is 2. The quantitative estimate of drug-likeness (QED) is 0.759. The number of anilines is 1. The van der Waals surface area contributed by atoms with E-state index in [9.17, 15) is 18.7 Å². The van der Waals surface area contributed by atoms with Crippen LogP contribution in [-0.2, 0) is 0 Å². The SMILES string of the molecule is CC(O)c1cccc(NC(=O)NCC(F)F)c1. The van der Waals surface area contributed by atoms with Gasteiger partial charge >= 0.3 is 6.03 Å². The second kappa shape index (κ2) is 6.15. The number of carbonyl (C=O) groups excluding carboxylic acids is 1. The van der Waals surface area contributed by atoms with Gasteiger partial charge in [0.1, 0.15) is 0 Å². The molecule has 0 aliphatic heterocycles. The van der Waals surface area contributed by atoms with E-state index in [2.05, 4.69) is 5.32 Å². The Balaban J connectivity index is 2.56. The molecule has 94 valence electrons. The van der Waals surface area contributed by atoms with Crippen LogP contribution < -0.4 is 10.6 Å². The van der Waals surface area contributed by atoms with Crippen molar-refractivity contribution in [2.24, 2.45) is 0 Å². The first-order chi connectivity index (χ1) is 7.99. The summed E-state index contributed by atoms with van der Waals surface area (Å²) in [7, 11) is 0. The number of carbonyl (C=O) groups is 1. The Morgan fingerprint density at radius 3 is 2.76 bits per heavy atom. The molecule has 17 heavy (non-hydrogen) atoms. The molecule has 1 aromatic carbocycles. The second-order valence-electron chi connectivity index (χ2n) is 3.53. The van der Waals surface area contributed by atoms with Crippen LogP contribution in [0.5, 0.6) is 0 Å². The molecule has 0 bridgehead atoms. The normalized spacial score (nSPS) is 12.3. The molecule has 1 atom stereocenters. The van der Waals surface area contributed by atoms with Gasteiger partial charge in [-0.3, -0.25) is 0 Å². The standard InChI is InChI=1S/C11H14F2N2O2/c1-7(16)8-3-2-4-9(5-8)15-11(17)14-6-10(12)13/h2-5,7,10,16H,6H2,1H3,(H2,14,15,17). The van der Waals surface area contributed by atoms with Crippen molar-refractivity contribution >= 4 is 11.7 Å². The van der Waals surface area contributed by atoms with Gasteiger partial charge in [-0.15, -0.1) is 0 Å². The first-order valence-corrected chi connectivity index (χ1v) is 5.10. The predicted octanol–water partition coefficient (Wildman–Crippen LogP) is 2.13. The van der Waals surface area contributed by atoms with Crippen molar-refractivity contribution in [2.75, 3.05) is 11.9 Å². The fraction of sp³-hybridized carbons (Fsp3) is 0.364. The van der Waals surface area contributed by atoms with Crippen molar-refractivity contribution in [1.29, 1.82) is 0 Å². The Bertz CT molecular complexity index is 383. The smallest absolute Gasteiger partial charge is 0.319 e. The van der Waals surface area contributed by atoms with Gasteiger partial charge in [0.15, 0.2) is 0 Å². The van der Waals surface area contributed by atoms with Gasteiger partial charge < -0.3 is 15.7 Å². The van der Waals surface area contributed by atoms with Crippen LogP contribution in [0.2, 0.25) is 0 Å². The molecule has 6 heteroatoms. The molecular weight excluding hydrogens is 230 g/mol. The highest BCUT2D eigenvalue weighted by atomic mass is 19.3. The van der Waals surface area contributed by atoms with Crippen LogP contribution in [0.15, 0.2) is 24.3 Å². The van der Waals surface area contributed by atoms with Crippen LogP contribution in [-0.4, -0.2) is 24.1 Å². The molecule has 0 radical (unpaired) electrons. The minimum atomic E-state index is -2.58. The van der Waals surface area contributed by atoms with E-state index >= 15 is 0 Å². The Labute approximate surface area is 97.6 Å². The maximum atomic E-state index is 11.8. The van der Waals surface area contributed by atoms with Crippen LogP contribution in [0.3, 0.4) is 0 Å². The maximum Gasteiger partial charge on any atom is 0.319 e. The Hall–Kier alpha value is -1.69. The monoisotopic (exact) mass is 244 g/mol. The lowest BCUT2D eigenvalue weighted by Crippen LogP contribution is -2.32. The lowest BCUT2D eigenvalue weighted by molar-refractivity contribution is 0.148. The highest BCUT2D eigenvalue weighted by Crippen LogP contribution is 2.16. The summed E-state index contributed by atoms with van der Waals surface area (Å²) < 4.78 is 23.7. The summed E-state index contributed by atoms with van der Waals surface area (Å²) in [6.45, 7) is 0.901. The maximum absolute atomic E-state index is 11.8. The molecule has 1 rings (SSSR count). The zero-order valence-corrected chi connectivity index (χ0v) is 9.28. The van der Waals surface area contributed by atoms with Gasteiger partial charge in [0.25, 0.3) is 6.43 Å². The summed E-state index contributed by atoms with van der Waals surface area (Å²) >= 11 is 0. The average molecular weight is 244 g/mol. The number of halogens is 2. The highest BCUT2D eigenvalue weighted by Gasteiger charge is 2.07. The largest absolute Gasteiger partial charge is 0.389 e. The third kappa shape index (κ3) is 4.78. The van der Waals surface area contributed by atoms with Crippen LogP contribution >= 0.6 is 0 Å². The molecule has 0 saturated carbocycles. The third-order valence-electron chi connectivity index (χ3n) is 2.04. The Kier molecular flexibility index (Phi) is 4.84. The number of hydrogen-bond acceptors (Lipinski definition) is 2. The van der Waals surface area contributed by atoms with Crippen molar-refractivity contribution < 1.29 is 18.7 Å². The number of benzene rings is 1. The Morgan fingerprint density at radius 2 is 2.18 bits per heavy atom. The van der Waals surface area contributed by atoms with Gasteiger partial charge in [0.05, 0.1) is 12.6 Å². The zero-order valence-electron chi connectivity index (χ0n) is 9.28. The van der Waals surface area contributed by atoms with Crippen LogP contribution in [0.4, 0.5) is 19.3 Å². The van der Waals surface area contributed by atoms with Crippen LogP contribution in [0.1, 0.15) is 18.6 Å². The van der Waals surface area contributed by atoms with Gasteiger partial charge in [0, 0.05) is 5.69 Å². The molecule has 1 unspecified atom stereocenters. The van der Waals surface area contributed by atoms with Crippen molar-refractivity contribution in [1.82, 2.24) is 5.32 Å². The first-order valence-electron chi connectivity index (χ1n) is 5.10. The van der Waals surface area contributed by atoms with E-state index in [4.69, 9.17) is 0 Å². The summed E-state index contributed by atoms with van der Waals surface area (Å²) in [5.74, 6) is 0. The highest BCUT2D eigenvalue weighted by molar-refractivity contribution is 5.89. The summed E-state index contributed by atoms with van der Waals surface area (Å²) in [6, 6.07) is 5.84. The fourth-order valence-corrected chi connectivity index (χ4v) is 1.22. The molecule has 4 nitrogen and oxygen atoms in total. The zero-order chi connectivity index (χ0) is 12.8. The van der Waals surface area contributed by atoms with Gasteiger partial charge in [-0.25, -0.2) is 13.6 Å². The lowest BCUT2D eigenvalue weighted by atomic mass is 10.1. The molecule has 1 aromatic rings. The molecule has 0 aliphatic rings. The fourth-order valence-electron chi connectivity index (χ4n) is 1.22. The van der Waals surface area contributed by atoms with E-state index in [-0.39, 0.29) is 0 Å². The first kappa shape index (κ1) is 13.4. The average Bonchev–Trinajstić information content (AvgIpc) is 2.26. The number of aliphatic hydroxyl groups is 1. The summed E-state index contributed by atoms with van der Waals surface area (Å²) in [5, 5.41) is 13.7. The molecule has 3 N–H and O–H groups in total. The van der Waals surface area contributed by atoms with E-state index in [0.29, 0.717) is 11.3 Å². The molecule has 0 spiro atoms. The molecule has 0 heterocycles. The topological polar surface area (TPSA) is 61.4 Å². The van der Waals surface area contributed by atoms with E-state index < -0.39 is 25.1 Å². The summed E-state index contributed by atoms with van der Waals surface area (Å²) in [5.41, 5.74) is 1.08. The predicted molar refractivity (Wildman–Crippen MR) is 60.1 cm³/mol. The van der Waals surface area contributed by atoms with E-state index in [1.807, 2.05) is 5.32 Å². The minimum absolute atomic E-state index is 0.440. The van der Waals surface area contributed by atoms with E-state index in [1.54, 1.807) is 31.2 Å². The summed E-state index contributed by atoms with van der Waals surface area (Å²) in [6.07, 6.45) is -3.23. The van der Waals surface area contributed by atoms with Crippen molar-refractivity contribution in [3.8, 4) is 0 Å². The lowest BCUT2D eigenvalue weighted by Gasteiger charge is -2.09. The van der Waals surface area contributed by atoms with Gasteiger partial charge in [0.2, 0.25) is 0 Å². The van der Waals surface area contributed by atoms with E-state index in [1.165, 1.54) is 0 Å². The number of nitrogens with one attached hydrogen (secondary N) is 2. The van der Waals surface area contributed by atoms with E-state index in [0.717, 1.165) is 0 Å². The van der Waals surface area contributed by atoms with Crippen molar-refractivity contribution in [2.45, 2.75) is 19.5 Å². The Morgan fingerprint density at radius 1 is 1.47 bits per heavy atom.